The zero-order chi connectivity index (χ0) is 12.1. The molecule has 0 N–H and O–H groups in total. The smallest absolute Gasteiger partial charge is 0.258 e. The second-order valence-corrected chi connectivity index (χ2v) is 5.35. The van der Waals surface area contributed by atoms with E-state index in [2.05, 4.69) is 22.9 Å². The fourth-order valence-corrected chi connectivity index (χ4v) is 2.51. The molecule has 0 aliphatic heterocycles. The molecule has 0 bridgehead atoms. The maximum absolute atomic E-state index is 10.8. The molecule has 0 heterocycles. The first-order valence-electron chi connectivity index (χ1n) is 5.11. The van der Waals surface area contributed by atoms with Gasteiger partial charge >= 0.3 is 0 Å². The third-order valence-corrected chi connectivity index (χ3v) is 3.30. The molecule has 0 saturated carbocycles. The molecule has 0 aliphatic rings. The Morgan fingerprint density at radius 3 is 2.81 bits per heavy atom. The first-order valence-corrected chi connectivity index (χ1v) is 6.40. The highest BCUT2D eigenvalue weighted by molar-refractivity contribution is 9.09. The third kappa shape index (κ3) is 3.76. The lowest BCUT2D eigenvalue weighted by atomic mass is 10.1. The molecule has 88 valence electrons. The van der Waals surface area contributed by atoms with Crippen LogP contribution < -0.4 is 0 Å². The third-order valence-electron chi connectivity index (χ3n) is 2.29. The number of alkyl halides is 1. The van der Waals surface area contributed by atoms with Crippen LogP contribution in [-0.2, 0) is 6.42 Å². The standard InChI is InChI=1S/C11H13BrClNO2/c1-2-3-9(12)6-8-4-5-10(13)7-11(8)14(15)16/h4-5,7,9H,2-3,6H2,1H3. The van der Waals surface area contributed by atoms with Gasteiger partial charge in [-0.2, -0.15) is 0 Å². The van der Waals surface area contributed by atoms with E-state index in [1.54, 1.807) is 12.1 Å². The van der Waals surface area contributed by atoms with E-state index in [1.165, 1.54) is 6.07 Å². The van der Waals surface area contributed by atoms with Gasteiger partial charge in [0, 0.05) is 21.5 Å². The highest BCUT2D eigenvalue weighted by Gasteiger charge is 2.16. The Balaban J connectivity index is 2.90. The van der Waals surface area contributed by atoms with Crippen LogP contribution in [0, 0.1) is 10.1 Å². The normalized spacial score (nSPS) is 12.4. The summed E-state index contributed by atoms with van der Waals surface area (Å²) in [7, 11) is 0. The maximum Gasteiger partial charge on any atom is 0.274 e. The van der Waals surface area contributed by atoms with Crippen molar-refractivity contribution in [3.63, 3.8) is 0 Å². The van der Waals surface area contributed by atoms with E-state index in [4.69, 9.17) is 11.6 Å². The molecule has 3 nitrogen and oxygen atoms in total. The van der Waals surface area contributed by atoms with Gasteiger partial charge < -0.3 is 0 Å². The predicted molar refractivity (Wildman–Crippen MR) is 69.4 cm³/mol. The highest BCUT2D eigenvalue weighted by atomic mass is 79.9. The number of hydrogen-bond acceptors (Lipinski definition) is 2. The van der Waals surface area contributed by atoms with Crippen LogP contribution in [-0.4, -0.2) is 9.75 Å². The lowest BCUT2D eigenvalue weighted by molar-refractivity contribution is -0.385. The molecule has 0 aliphatic carbocycles. The summed E-state index contributed by atoms with van der Waals surface area (Å²) in [6, 6.07) is 4.82. The predicted octanol–water partition coefficient (Wildman–Crippen LogP) is 4.35. The Morgan fingerprint density at radius 2 is 2.25 bits per heavy atom. The monoisotopic (exact) mass is 305 g/mol. The summed E-state index contributed by atoms with van der Waals surface area (Å²) in [4.78, 5) is 10.7. The minimum absolute atomic E-state index is 0.105. The van der Waals surface area contributed by atoms with Crippen molar-refractivity contribution in [2.75, 3.05) is 0 Å². The van der Waals surface area contributed by atoms with Crippen molar-refractivity contribution in [2.45, 2.75) is 31.0 Å². The van der Waals surface area contributed by atoms with E-state index in [1.807, 2.05) is 0 Å². The minimum Gasteiger partial charge on any atom is -0.258 e. The Bertz CT molecular complexity index is 384. The summed E-state index contributed by atoms with van der Waals surface area (Å²) >= 11 is 9.26. The fourth-order valence-electron chi connectivity index (χ4n) is 1.53. The van der Waals surface area contributed by atoms with Gasteiger partial charge in [-0.1, -0.05) is 46.9 Å². The highest BCUT2D eigenvalue weighted by Crippen LogP contribution is 2.26. The quantitative estimate of drug-likeness (QED) is 0.461. The molecule has 0 radical (unpaired) electrons. The fraction of sp³-hybridized carbons (Fsp3) is 0.455. The van der Waals surface area contributed by atoms with Crippen LogP contribution in [0.2, 0.25) is 5.02 Å². The summed E-state index contributed by atoms with van der Waals surface area (Å²) in [5.41, 5.74) is 0.831. The van der Waals surface area contributed by atoms with Crippen LogP contribution >= 0.6 is 27.5 Å². The van der Waals surface area contributed by atoms with Crippen molar-refractivity contribution in [3.05, 3.63) is 38.9 Å². The van der Waals surface area contributed by atoms with Crippen LogP contribution in [0.4, 0.5) is 5.69 Å². The van der Waals surface area contributed by atoms with Crippen LogP contribution in [0.1, 0.15) is 25.3 Å². The molecule has 0 amide bonds. The van der Waals surface area contributed by atoms with E-state index < -0.39 is 0 Å². The maximum atomic E-state index is 10.8. The molecule has 0 saturated heterocycles. The van der Waals surface area contributed by atoms with Crippen molar-refractivity contribution >= 4 is 33.2 Å². The largest absolute Gasteiger partial charge is 0.274 e. The molecule has 1 rings (SSSR count). The number of nitro benzene ring substituents is 1. The van der Waals surface area contributed by atoms with Gasteiger partial charge in [0.05, 0.1) is 4.92 Å². The lowest BCUT2D eigenvalue weighted by Crippen LogP contribution is -2.04. The van der Waals surface area contributed by atoms with Gasteiger partial charge in [-0.3, -0.25) is 10.1 Å². The summed E-state index contributed by atoms with van der Waals surface area (Å²) in [5.74, 6) is 0. The van der Waals surface area contributed by atoms with Crippen molar-refractivity contribution in [2.24, 2.45) is 0 Å². The first kappa shape index (κ1) is 13.5. The zero-order valence-electron chi connectivity index (χ0n) is 8.95. The van der Waals surface area contributed by atoms with E-state index in [-0.39, 0.29) is 15.4 Å². The Morgan fingerprint density at radius 1 is 1.56 bits per heavy atom. The van der Waals surface area contributed by atoms with E-state index in [0.29, 0.717) is 11.4 Å². The van der Waals surface area contributed by atoms with E-state index in [9.17, 15) is 10.1 Å². The average molecular weight is 307 g/mol. The number of nitro groups is 1. The molecule has 1 aromatic rings. The van der Waals surface area contributed by atoms with Gasteiger partial charge in [0.2, 0.25) is 0 Å². The molecule has 1 unspecified atom stereocenters. The number of halogens is 2. The van der Waals surface area contributed by atoms with Gasteiger partial charge in [-0.05, 0) is 18.9 Å². The SMILES string of the molecule is CCCC(Br)Cc1ccc(Cl)cc1[N+](=O)[O-]. The van der Waals surface area contributed by atoms with Gasteiger partial charge in [-0.25, -0.2) is 0 Å². The summed E-state index contributed by atoms with van der Waals surface area (Å²) < 4.78 is 0. The average Bonchev–Trinajstić information content (AvgIpc) is 2.20. The Hall–Kier alpha value is -0.610. The molecule has 16 heavy (non-hydrogen) atoms. The molecule has 0 aromatic heterocycles. The molecule has 1 aromatic carbocycles. The van der Waals surface area contributed by atoms with Crippen molar-refractivity contribution in [3.8, 4) is 0 Å². The van der Waals surface area contributed by atoms with E-state index in [0.717, 1.165) is 18.4 Å². The number of hydrogen-bond donors (Lipinski definition) is 0. The number of rotatable bonds is 5. The van der Waals surface area contributed by atoms with Gasteiger partial charge in [0.1, 0.15) is 0 Å². The number of benzene rings is 1. The lowest BCUT2D eigenvalue weighted by Gasteiger charge is -2.08. The Kier molecular flexibility index (Phi) is 5.22. The molecule has 5 heteroatoms. The Labute approximate surface area is 108 Å². The minimum atomic E-state index is -0.382. The van der Waals surface area contributed by atoms with Crippen LogP contribution in [0.25, 0.3) is 0 Å². The topological polar surface area (TPSA) is 43.1 Å². The summed E-state index contributed by atoms with van der Waals surface area (Å²) in [5, 5.41) is 11.2. The second-order valence-electron chi connectivity index (χ2n) is 3.62. The van der Waals surface area contributed by atoms with Crippen molar-refractivity contribution < 1.29 is 4.92 Å². The van der Waals surface area contributed by atoms with Gasteiger partial charge in [0.25, 0.3) is 5.69 Å². The molecular formula is C11H13BrClNO2. The van der Waals surface area contributed by atoms with Crippen LogP contribution in [0.5, 0.6) is 0 Å². The van der Waals surface area contributed by atoms with Crippen molar-refractivity contribution in [1.82, 2.24) is 0 Å². The van der Waals surface area contributed by atoms with Gasteiger partial charge in [-0.15, -0.1) is 0 Å². The van der Waals surface area contributed by atoms with E-state index >= 15 is 0 Å². The van der Waals surface area contributed by atoms with Crippen LogP contribution in [0.3, 0.4) is 0 Å². The molecular weight excluding hydrogens is 293 g/mol. The van der Waals surface area contributed by atoms with Crippen molar-refractivity contribution in [1.29, 1.82) is 0 Å². The molecule has 0 spiro atoms. The number of nitrogens with zero attached hydrogens (tertiary/aromatic N) is 1. The van der Waals surface area contributed by atoms with Gasteiger partial charge in [0.15, 0.2) is 0 Å². The first-order chi connectivity index (χ1) is 7.54. The van der Waals surface area contributed by atoms with Crippen LogP contribution in [0.15, 0.2) is 18.2 Å². The summed E-state index contributed by atoms with van der Waals surface area (Å²) in [6.45, 7) is 2.09. The molecule has 1 atom stereocenters. The molecule has 0 fully saturated rings. The summed E-state index contributed by atoms with van der Waals surface area (Å²) in [6.07, 6.45) is 2.71. The second kappa shape index (κ2) is 6.21. The zero-order valence-corrected chi connectivity index (χ0v) is 11.3.